The Morgan fingerprint density at radius 1 is 1.50 bits per heavy atom. The highest BCUT2D eigenvalue weighted by Crippen LogP contribution is 2.10. The van der Waals surface area contributed by atoms with Gasteiger partial charge in [0.15, 0.2) is 0 Å². The number of rotatable bonds is 5. The van der Waals surface area contributed by atoms with E-state index in [9.17, 15) is 4.79 Å². The molecular weight excluding hydrogens is 274 g/mol. The molecule has 88 valence electrons. The summed E-state index contributed by atoms with van der Waals surface area (Å²) in [5.74, 6) is 0.457. The van der Waals surface area contributed by atoms with Crippen LogP contribution in [-0.4, -0.2) is 36.6 Å². The first-order valence-electron chi connectivity index (χ1n) is 4.89. The fourth-order valence-electron chi connectivity index (χ4n) is 1.17. The number of anilines is 1. The van der Waals surface area contributed by atoms with E-state index in [4.69, 9.17) is 0 Å². The van der Waals surface area contributed by atoms with Crippen LogP contribution in [0.4, 0.5) is 5.95 Å². The van der Waals surface area contributed by atoms with Gasteiger partial charge < -0.3 is 9.64 Å². The molecule has 0 unspecified atom stereocenters. The number of halogens is 1. The molecule has 0 N–H and O–H groups in total. The zero-order valence-electron chi connectivity index (χ0n) is 9.31. The van der Waals surface area contributed by atoms with Crippen LogP contribution in [0.15, 0.2) is 16.9 Å². The molecule has 0 saturated carbocycles. The smallest absolute Gasteiger partial charge is 0.305 e. The molecule has 0 aliphatic rings. The van der Waals surface area contributed by atoms with Crippen molar-refractivity contribution in [1.29, 1.82) is 0 Å². The Labute approximate surface area is 103 Å². The molecule has 0 radical (unpaired) electrons. The Morgan fingerprint density at radius 2 is 2.12 bits per heavy atom. The molecule has 5 nitrogen and oxygen atoms in total. The fraction of sp³-hybridized carbons (Fsp3) is 0.500. The lowest BCUT2D eigenvalue weighted by atomic mass is 10.3. The molecule has 6 heteroatoms. The monoisotopic (exact) mass is 287 g/mol. The molecular formula is C10H14BrN3O2. The van der Waals surface area contributed by atoms with Crippen molar-refractivity contribution in [3.63, 3.8) is 0 Å². The molecule has 0 fully saturated rings. The fourth-order valence-corrected chi connectivity index (χ4v) is 1.37. The van der Waals surface area contributed by atoms with Gasteiger partial charge in [-0.05, 0) is 22.4 Å². The molecule has 0 bridgehead atoms. The predicted octanol–water partition coefficient (Wildman–Crippen LogP) is 1.63. The lowest BCUT2D eigenvalue weighted by Crippen LogP contribution is -2.21. The van der Waals surface area contributed by atoms with Gasteiger partial charge in [-0.1, -0.05) is 0 Å². The van der Waals surface area contributed by atoms with Gasteiger partial charge in [-0.2, -0.15) is 0 Å². The molecule has 1 aromatic rings. The van der Waals surface area contributed by atoms with Gasteiger partial charge in [-0.15, -0.1) is 0 Å². The first-order valence-corrected chi connectivity index (χ1v) is 5.68. The lowest BCUT2D eigenvalue weighted by Gasteiger charge is -2.15. The van der Waals surface area contributed by atoms with Crippen molar-refractivity contribution in [2.24, 2.45) is 0 Å². The molecule has 0 aliphatic heterocycles. The number of esters is 1. The Kier molecular flexibility index (Phi) is 5.18. The maximum Gasteiger partial charge on any atom is 0.305 e. The second kappa shape index (κ2) is 6.42. The van der Waals surface area contributed by atoms with Gasteiger partial charge in [0.05, 0.1) is 11.6 Å². The number of ether oxygens (including phenoxy) is 1. The molecule has 0 spiro atoms. The summed E-state index contributed by atoms with van der Waals surface area (Å²) in [6.45, 7) is 0.719. The first-order chi connectivity index (χ1) is 7.63. The van der Waals surface area contributed by atoms with Crippen LogP contribution in [0.5, 0.6) is 0 Å². The molecule has 1 aromatic heterocycles. The highest BCUT2D eigenvalue weighted by molar-refractivity contribution is 9.10. The van der Waals surface area contributed by atoms with E-state index in [1.807, 2.05) is 11.9 Å². The molecule has 0 amide bonds. The second-order valence-corrected chi connectivity index (χ2v) is 4.22. The average molecular weight is 288 g/mol. The van der Waals surface area contributed by atoms with Crippen molar-refractivity contribution >= 4 is 27.8 Å². The van der Waals surface area contributed by atoms with E-state index in [0.717, 1.165) is 17.4 Å². The third-order valence-electron chi connectivity index (χ3n) is 2.05. The van der Waals surface area contributed by atoms with E-state index in [1.54, 1.807) is 12.4 Å². The van der Waals surface area contributed by atoms with E-state index >= 15 is 0 Å². The maximum atomic E-state index is 10.9. The van der Waals surface area contributed by atoms with Gasteiger partial charge in [-0.3, -0.25) is 4.79 Å². The zero-order chi connectivity index (χ0) is 12.0. The minimum atomic E-state index is -0.190. The quantitative estimate of drug-likeness (QED) is 0.771. The number of carbonyl (C=O) groups excluding carboxylic acids is 1. The highest BCUT2D eigenvalue weighted by atomic mass is 79.9. The van der Waals surface area contributed by atoms with Crippen LogP contribution < -0.4 is 4.90 Å². The Morgan fingerprint density at radius 3 is 2.69 bits per heavy atom. The number of hydrogen-bond donors (Lipinski definition) is 0. The average Bonchev–Trinajstić information content (AvgIpc) is 2.29. The standard InChI is InChI=1S/C10H14BrN3O2/c1-14(5-3-4-9(15)16-2)10-12-6-8(11)7-13-10/h6-7H,3-5H2,1-2H3. The summed E-state index contributed by atoms with van der Waals surface area (Å²) in [4.78, 5) is 21.1. The van der Waals surface area contributed by atoms with Gasteiger partial charge in [0, 0.05) is 32.4 Å². The third kappa shape index (κ3) is 4.14. The van der Waals surface area contributed by atoms with E-state index in [1.165, 1.54) is 7.11 Å². The van der Waals surface area contributed by atoms with Gasteiger partial charge >= 0.3 is 5.97 Å². The Hall–Kier alpha value is -1.17. The second-order valence-electron chi connectivity index (χ2n) is 3.30. The molecule has 0 aliphatic carbocycles. The third-order valence-corrected chi connectivity index (χ3v) is 2.46. The number of carbonyl (C=O) groups is 1. The van der Waals surface area contributed by atoms with Crippen LogP contribution in [0.1, 0.15) is 12.8 Å². The minimum absolute atomic E-state index is 0.190. The molecule has 1 rings (SSSR count). The molecule has 0 aromatic carbocycles. The summed E-state index contributed by atoms with van der Waals surface area (Å²) in [5, 5.41) is 0. The van der Waals surface area contributed by atoms with Crippen LogP contribution in [0.25, 0.3) is 0 Å². The van der Waals surface area contributed by atoms with Crippen molar-refractivity contribution in [3.8, 4) is 0 Å². The minimum Gasteiger partial charge on any atom is -0.469 e. The van der Waals surface area contributed by atoms with Crippen molar-refractivity contribution in [1.82, 2.24) is 9.97 Å². The zero-order valence-corrected chi connectivity index (χ0v) is 10.9. The van der Waals surface area contributed by atoms with E-state index < -0.39 is 0 Å². The Bertz CT molecular complexity index is 342. The number of nitrogens with zero attached hydrogens (tertiary/aromatic N) is 3. The van der Waals surface area contributed by atoms with Crippen LogP contribution in [0.2, 0.25) is 0 Å². The number of methoxy groups -OCH3 is 1. The first kappa shape index (κ1) is 12.9. The topological polar surface area (TPSA) is 55.3 Å². The van der Waals surface area contributed by atoms with Gasteiger partial charge in [-0.25, -0.2) is 9.97 Å². The number of aromatic nitrogens is 2. The predicted molar refractivity (Wildman–Crippen MR) is 64.3 cm³/mol. The van der Waals surface area contributed by atoms with E-state index in [-0.39, 0.29) is 5.97 Å². The summed E-state index contributed by atoms with van der Waals surface area (Å²) in [6.07, 6.45) is 4.53. The number of hydrogen-bond acceptors (Lipinski definition) is 5. The molecule has 1 heterocycles. The summed E-state index contributed by atoms with van der Waals surface area (Å²) < 4.78 is 5.41. The summed E-state index contributed by atoms with van der Waals surface area (Å²) >= 11 is 3.27. The van der Waals surface area contributed by atoms with E-state index in [2.05, 4.69) is 30.6 Å². The molecule has 16 heavy (non-hydrogen) atoms. The normalized spacial score (nSPS) is 9.94. The van der Waals surface area contributed by atoms with Crippen LogP contribution >= 0.6 is 15.9 Å². The molecule has 0 atom stereocenters. The van der Waals surface area contributed by atoms with Crippen molar-refractivity contribution in [2.45, 2.75) is 12.8 Å². The van der Waals surface area contributed by atoms with Gasteiger partial charge in [0.25, 0.3) is 0 Å². The van der Waals surface area contributed by atoms with Crippen LogP contribution in [-0.2, 0) is 9.53 Å². The van der Waals surface area contributed by atoms with Gasteiger partial charge in [0.2, 0.25) is 5.95 Å². The van der Waals surface area contributed by atoms with Crippen molar-refractivity contribution < 1.29 is 9.53 Å². The van der Waals surface area contributed by atoms with Crippen molar-refractivity contribution in [3.05, 3.63) is 16.9 Å². The van der Waals surface area contributed by atoms with Gasteiger partial charge in [0.1, 0.15) is 0 Å². The summed E-state index contributed by atoms with van der Waals surface area (Å²) in [5.41, 5.74) is 0. The maximum absolute atomic E-state index is 10.9. The largest absolute Gasteiger partial charge is 0.469 e. The van der Waals surface area contributed by atoms with Crippen LogP contribution in [0, 0.1) is 0 Å². The van der Waals surface area contributed by atoms with E-state index in [0.29, 0.717) is 12.4 Å². The Balaban J connectivity index is 2.37. The molecule has 0 saturated heterocycles. The summed E-state index contributed by atoms with van der Waals surface area (Å²) in [6, 6.07) is 0. The SMILES string of the molecule is COC(=O)CCCN(C)c1ncc(Br)cn1. The van der Waals surface area contributed by atoms with Crippen LogP contribution in [0.3, 0.4) is 0 Å². The lowest BCUT2D eigenvalue weighted by molar-refractivity contribution is -0.140. The van der Waals surface area contributed by atoms with Crippen molar-refractivity contribution in [2.75, 3.05) is 25.6 Å². The highest BCUT2D eigenvalue weighted by Gasteiger charge is 2.05. The summed E-state index contributed by atoms with van der Waals surface area (Å²) in [7, 11) is 3.28.